The molecule has 0 aliphatic carbocycles. The minimum Gasteiger partial charge on any atom is -0.376 e. The van der Waals surface area contributed by atoms with Crippen molar-refractivity contribution in [2.45, 2.75) is 23.9 Å². The highest BCUT2D eigenvalue weighted by Crippen LogP contribution is 2.40. The maximum absolute atomic E-state index is 5.34. The normalized spacial score (nSPS) is 20.5. The number of hydrogen-bond donors (Lipinski definition) is 0. The van der Waals surface area contributed by atoms with Crippen molar-refractivity contribution in [1.82, 2.24) is 19.9 Å². The van der Waals surface area contributed by atoms with Gasteiger partial charge in [0, 0.05) is 40.7 Å². The van der Waals surface area contributed by atoms with Gasteiger partial charge in [0.2, 0.25) is 11.9 Å². The van der Waals surface area contributed by atoms with Crippen LogP contribution < -0.4 is 9.80 Å². The lowest BCUT2D eigenvalue weighted by molar-refractivity contribution is -0.0855. The molecule has 4 aliphatic heterocycles. The number of ether oxygens (including phenoxy) is 2. The van der Waals surface area contributed by atoms with Gasteiger partial charge in [-0.05, 0) is 48.7 Å². The second-order valence-electron chi connectivity index (χ2n) is 10.3. The zero-order chi connectivity index (χ0) is 25.0. The Bertz CT molecular complexity index is 1510. The van der Waals surface area contributed by atoms with Crippen LogP contribution in [0.4, 0.5) is 11.9 Å². The standard InChI is InChI=1S/C15H15N3O.C13H12BrN3O/c1-2-11-3-4-13-12(7-11)8-16-14(17-13)18-6-5-15(18)9-19-10-15;14-10-1-2-11-9(5-10)6-15-12(16-11)17-4-3-13(17)7-18-8-13/h2-4,7-8H,1,5-6,9-10H2;1-2,5-6H,3-4,7-8H2. The highest BCUT2D eigenvalue weighted by Gasteiger charge is 2.52. The molecule has 8 nitrogen and oxygen atoms in total. The van der Waals surface area contributed by atoms with Crippen molar-refractivity contribution < 1.29 is 9.47 Å². The van der Waals surface area contributed by atoms with E-state index < -0.39 is 0 Å². The smallest absolute Gasteiger partial charge is 0.226 e. The molecule has 8 rings (SSSR count). The van der Waals surface area contributed by atoms with Crippen molar-refractivity contribution >= 4 is 55.7 Å². The quantitative estimate of drug-likeness (QED) is 0.360. The van der Waals surface area contributed by atoms with E-state index in [2.05, 4.69) is 58.3 Å². The number of aromatic nitrogens is 4. The van der Waals surface area contributed by atoms with Crippen LogP contribution in [0.25, 0.3) is 27.9 Å². The molecular formula is C28H27BrN6O2. The number of nitrogens with zero attached hydrogens (tertiary/aromatic N) is 6. The molecule has 4 aliphatic rings. The van der Waals surface area contributed by atoms with Crippen LogP contribution >= 0.6 is 15.9 Å². The van der Waals surface area contributed by atoms with Crippen LogP contribution in [0.15, 0.2) is 59.8 Å². The maximum atomic E-state index is 5.34. The lowest BCUT2D eigenvalue weighted by Crippen LogP contribution is -2.71. The van der Waals surface area contributed by atoms with Crippen molar-refractivity contribution in [3.05, 3.63) is 65.4 Å². The molecule has 0 bridgehead atoms. The molecule has 37 heavy (non-hydrogen) atoms. The van der Waals surface area contributed by atoms with Gasteiger partial charge >= 0.3 is 0 Å². The summed E-state index contributed by atoms with van der Waals surface area (Å²) in [5.41, 5.74) is 3.46. The molecule has 0 unspecified atom stereocenters. The van der Waals surface area contributed by atoms with E-state index in [4.69, 9.17) is 9.47 Å². The minimum atomic E-state index is 0.189. The summed E-state index contributed by atoms with van der Waals surface area (Å²) in [5, 5.41) is 2.12. The summed E-state index contributed by atoms with van der Waals surface area (Å²) >= 11 is 3.46. The molecule has 2 aromatic heterocycles. The molecule has 4 aromatic rings. The van der Waals surface area contributed by atoms with E-state index in [0.717, 1.165) is 83.3 Å². The Balaban J connectivity index is 0.000000125. The number of halogens is 1. The number of hydrogen-bond acceptors (Lipinski definition) is 8. The van der Waals surface area contributed by atoms with Crippen molar-refractivity contribution in [1.29, 1.82) is 0 Å². The molecule has 0 radical (unpaired) electrons. The first kappa shape index (κ1) is 23.0. The summed E-state index contributed by atoms with van der Waals surface area (Å²) < 4.78 is 11.7. The summed E-state index contributed by atoms with van der Waals surface area (Å²) in [6.45, 7) is 9.09. The second-order valence-corrected chi connectivity index (χ2v) is 11.2. The van der Waals surface area contributed by atoms with Gasteiger partial charge in [0.15, 0.2) is 0 Å². The Labute approximate surface area is 223 Å². The summed E-state index contributed by atoms with van der Waals surface area (Å²) in [7, 11) is 0. The average Bonchev–Trinajstić information content (AvgIpc) is 2.81. The van der Waals surface area contributed by atoms with Crippen molar-refractivity contribution in [2.24, 2.45) is 0 Å². The van der Waals surface area contributed by atoms with Crippen LogP contribution in [-0.4, -0.2) is 70.5 Å². The van der Waals surface area contributed by atoms with Gasteiger partial charge in [-0.1, -0.05) is 34.7 Å². The number of fused-ring (bicyclic) bond motifs is 2. The molecule has 2 aromatic carbocycles. The first-order chi connectivity index (χ1) is 18.1. The van der Waals surface area contributed by atoms with Crippen LogP contribution in [0.3, 0.4) is 0 Å². The third kappa shape index (κ3) is 3.79. The molecule has 188 valence electrons. The van der Waals surface area contributed by atoms with Crippen molar-refractivity contribution in [3.8, 4) is 0 Å². The first-order valence-electron chi connectivity index (χ1n) is 12.6. The summed E-state index contributed by atoms with van der Waals surface area (Å²) in [4.78, 5) is 22.9. The van der Waals surface area contributed by atoms with Crippen molar-refractivity contribution in [2.75, 3.05) is 49.3 Å². The summed E-state index contributed by atoms with van der Waals surface area (Å²) in [5.74, 6) is 1.66. The van der Waals surface area contributed by atoms with E-state index in [0.29, 0.717) is 0 Å². The number of rotatable bonds is 3. The van der Waals surface area contributed by atoms with Gasteiger partial charge in [-0.3, -0.25) is 0 Å². The molecule has 4 saturated heterocycles. The lowest BCUT2D eigenvalue weighted by Gasteiger charge is -2.57. The van der Waals surface area contributed by atoms with E-state index in [9.17, 15) is 0 Å². The van der Waals surface area contributed by atoms with Gasteiger partial charge in [0.1, 0.15) is 0 Å². The summed E-state index contributed by atoms with van der Waals surface area (Å²) in [6, 6.07) is 12.2. The molecule has 0 saturated carbocycles. The molecule has 9 heteroatoms. The Morgan fingerprint density at radius 1 is 0.784 bits per heavy atom. The monoisotopic (exact) mass is 558 g/mol. The predicted octanol–water partition coefficient (Wildman–Crippen LogP) is 4.62. The van der Waals surface area contributed by atoms with E-state index >= 15 is 0 Å². The first-order valence-corrected chi connectivity index (χ1v) is 13.4. The van der Waals surface area contributed by atoms with Crippen LogP contribution in [0.1, 0.15) is 18.4 Å². The topological polar surface area (TPSA) is 76.5 Å². The highest BCUT2D eigenvalue weighted by atomic mass is 79.9. The third-order valence-electron chi connectivity index (χ3n) is 8.07. The molecule has 0 N–H and O–H groups in total. The van der Waals surface area contributed by atoms with Crippen LogP contribution in [-0.2, 0) is 9.47 Å². The fourth-order valence-corrected chi connectivity index (χ4v) is 5.78. The van der Waals surface area contributed by atoms with E-state index in [1.165, 1.54) is 12.8 Å². The van der Waals surface area contributed by atoms with Gasteiger partial charge in [0.25, 0.3) is 0 Å². The van der Waals surface area contributed by atoms with Gasteiger partial charge in [-0.25, -0.2) is 19.9 Å². The molecule has 0 atom stereocenters. The van der Waals surface area contributed by atoms with E-state index in [-0.39, 0.29) is 11.1 Å². The SMILES string of the molecule is Brc1ccc2nc(N3CCC34COC4)ncc2c1.C=Cc1ccc2nc(N3CCC34COC4)ncc2c1. The zero-order valence-corrected chi connectivity index (χ0v) is 22.0. The maximum Gasteiger partial charge on any atom is 0.226 e. The summed E-state index contributed by atoms with van der Waals surface area (Å²) in [6.07, 6.45) is 8.01. The Kier molecular flexibility index (Phi) is 5.42. The largest absolute Gasteiger partial charge is 0.376 e. The van der Waals surface area contributed by atoms with Gasteiger partial charge < -0.3 is 19.3 Å². The molecular weight excluding hydrogens is 532 g/mol. The fraction of sp³-hybridized carbons (Fsp3) is 0.357. The highest BCUT2D eigenvalue weighted by molar-refractivity contribution is 9.10. The van der Waals surface area contributed by atoms with Crippen LogP contribution in [0, 0.1) is 0 Å². The van der Waals surface area contributed by atoms with Crippen LogP contribution in [0.2, 0.25) is 0 Å². The van der Waals surface area contributed by atoms with Gasteiger partial charge in [0.05, 0.1) is 48.5 Å². The number of benzene rings is 2. The minimum absolute atomic E-state index is 0.189. The molecule has 4 fully saturated rings. The fourth-order valence-electron chi connectivity index (χ4n) is 5.40. The van der Waals surface area contributed by atoms with Crippen molar-refractivity contribution in [3.63, 3.8) is 0 Å². The molecule has 2 spiro atoms. The second kappa shape index (κ2) is 8.72. The average molecular weight is 559 g/mol. The predicted molar refractivity (Wildman–Crippen MR) is 148 cm³/mol. The molecule has 6 heterocycles. The van der Waals surface area contributed by atoms with Gasteiger partial charge in [-0.15, -0.1) is 0 Å². The Morgan fingerprint density at radius 2 is 1.32 bits per heavy atom. The van der Waals surface area contributed by atoms with E-state index in [1.807, 2.05) is 48.8 Å². The lowest BCUT2D eigenvalue weighted by atomic mass is 9.83. The molecule has 0 amide bonds. The Hall–Kier alpha value is -3.14. The Morgan fingerprint density at radius 3 is 1.78 bits per heavy atom. The number of anilines is 2. The third-order valence-corrected chi connectivity index (χ3v) is 8.56. The van der Waals surface area contributed by atoms with Gasteiger partial charge in [-0.2, -0.15) is 0 Å². The van der Waals surface area contributed by atoms with Crippen LogP contribution in [0.5, 0.6) is 0 Å². The zero-order valence-electron chi connectivity index (χ0n) is 20.4. The van der Waals surface area contributed by atoms with E-state index in [1.54, 1.807) is 0 Å².